The van der Waals surface area contributed by atoms with Gasteiger partial charge in [0.25, 0.3) is 5.91 Å². The Hall–Kier alpha value is -0.970. The Bertz CT molecular complexity index is 498. The fraction of sp³-hybridized carbons (Fsp3) is 0.500. The molecule has 0 bridgehead atoms. The van der Waals surface area contributed by atoms with Crippen molar-refractivity contribution in [3.63, 3.8) is 0 Å². The highest BCUT2D eigenvalue weighted by atomic mass is 35.5. The first-order valence-electron chi connectivity index (χ1n) is 6.71. The molecule has 20 heavy (non-hydrogen) atoms. The summed E-state index contributed by atoms with van der Waals surface area (Å²) in [5, 5.41) is 0.614. The van der Waals surface area contributed by atoms with Gasteiger partial charge in [0.15, 0.2) is 0 Å². The zero-order chi connectivity index (χ0) is 14.9. The molecule has 1 saturated heterocycles. The van der Waals surface area contributed by atoms with Crippen LogP contribution in [0.4, 0.5) is 5.69 Å². The number of rotatable bonds is 2. The maximum Gasteiger partial charge on any atom is 0.254 e. The first kappa shape index (κ1) is 15.4. The molecule has 0 spiro atoms. The van der Waals surface area contributed by atoms with E-state index in [4.69, 9.17) is 28.9 Å². The standard InChI is InChI=1S/C14H19Cl2N3O/c1-3-18-4-5-19(8-9(18)2)14(20)10-6-11(15)13(16)12(17)7-10/h6-7,9H,3-5,8,17H2,1-2H3. The number of piperazine rings is 1. The monoisotopic (exact) mass is 315 g/mol. The smallest absolute Gasteiger partial charge is 0.254 e. The molecule has 6 heteroatoms. The molecule has 1 fully saturated rings. The van der Waals surface area contributed by atoms with Gasteiger partial charge in [-0.1, -0.05) is 30.1 Å². The van der Waals surface area contributed by atoms with Gasteiger partial charge >= 0.3 is 0 Å². The fourth-order valence-electron chi connectivity index (χ4n) is 2.57. The van der Waals surface area contributed by atoms with Gasteiger partial charge in [-0.2, -0.15) is 0 Å². The van der Waals surface area contributed by atoms with Crippen LogP contribution in [0.1, 0.15) is 24.2 Å². The minimum absolute atomic E-state index is 0.0436. The van der Waals surface area contributed by atoms with Crippen LogP contribution in [-0.2, 0) is 0 Å². The van der Waals surface area contributed by atoms with Crippen LogP contribution in [0.15, 0.2) is 12.1 Å². The number of amides is 1. The Labute approximate surface area is 129 Å². The van der Waals surface area contributed by atoms with Crippen molar-refractivity contribution in [2.75, 3.05) is 31.9 Å². The van der Waals surface area contributed by atoms with Gasteiger partial charge in [-0.15, -0.1) is 0 Å². The summed E-state index contributed by atoms with van der Waals surface area (Å²) in [5.74, 6) is -0.0436. The Morgan fingerprint density at radius 1 is 1.40 bits per heavy atom. The second kappa shape index (κ2) is 6.20. The van der Waals surface area contributed by atoms with Crippen molar-refractivity contribution >= 4 is 34.8 Å². The van der Waals surface area contributed by atoms with Crippen LogP contribution < -0.4 is 5.73 Å². The van der Waals surface area contributed by atoms with Crippen molar-refractivity contribution in [3.8, 4) is 0 Å². The summed E-state index contributed by atoms with van der Waals surface area (Å²) < 4.78 is 0. The molecule has 0 aromatic heterocycles. The number of likely N-dealkylation sites (N-methyl/N-ethyl adjacent to an activating group) is 1. The normalized spacial score (nSPS) is 20.2. The SMILES string of the molecule is CCN1CCN(C(=O)c2cc(N)c(Cl)c(Cl)c2)CC1C. The van der Waals surface area contributed by atoms with Crippen LogP contribution in [0.3, 0.4) is 0 Å². The van der Waals surface area contributed by atoms with Gasteiger partial charge in [0.05, 0.1) is 15.7 Å². The largest absolute Gasteiger partial charge is 0.397 e. The first-order valence-corrected chi connectivity index (χ1v) is 7.47. The zero-order valence-electron chi connectivity index (χ0n) is 11.7. The summed E-state index contributed by atoms with van der Waals surface area (Å²) in [6.45, 7) is 7.59. The molecule has 0 saturated carbocycles. The molecule has 2 rings (SSSR count). The Morgan fingerprint density at radius 3 is 2.65 bits per heavy atom. The number of carbonyl (C=O) groups excluding carboxylic acids is 1. The molecular weight excluding hydrogens is 297 g/mol. The summed E-state index contributed by atoms with van der Waals surface area (Å²) >= 11 is 11.9. The molecule has 4 nitrogen and oxygen atoms in total. The van der Waals surface area contributed by atoms with E-state index in [2.05, 4.69) is 18.7 Å². The number of anilines is 1. The van der Waals surface area contributed by atoms with Crippen LogP contribution in [0.5, 0.6) is 0 Å². The minimum atomic E-state index is -0.0436. The van der Waals surface area contributed by atoms with E-state index in [-0.39, 0.29) is 5.91 Å². The predicted molar refractivity (Wildman–Crippen MR) is 83.5 cm³/mol. The molecule has 1 amide bonds. The number of nitrogens with zero attached hydrogens (tertiary/aromatic N) is 2. The molecule has 110 valence electrons. The van der Waals surface area contributed by atoms with Gasteiger partial charge in [-0.3, -0.25) is 9.69 Å². The van der Waals surface area contributed by atoms with Crippen molar-refractivity contribution in [2.24, 2.45) is 0 Å². The second-order valence-electron chi connectivity index (χ2n) is 5.09. The van der Waals surface area contributed by atoms with Gasteiger partial charge in [-0.05, 0) is 25.6 Å². The number of hydrogen-bond acceptors (Lipinski definition) is 3. The van der Waals surface area contributed by atoms with Crippen molar-refractivity contribution in [2.45, 2.75) is 19.9 Å². The molecule has 0 radical (unpaired) electrons. The average Bonchev–Trinajstić information content (AvgIpc) is 2.43. The summed E-state index contributed by atoms with van der Waals surface area (Å²) in [5.41, 5.74) is 6.59. The average molecular weight is 316 g/mol. The molecule has 0 aliphatic carbocycles. The highest BCUT2D eigenvalue weighted by Gasteiger charge is 2.26. The fourth-order valence-corrected chi connectivity index (χ4v) is 2.90. The maximum absolute atomic E-state index is 12.5. The predicted octanol–water partition coefficient (Wildman–Crippen LogP) is 2.74. The molecule has 1 heterocycles. The van der Waals surface area contributed by atoms with Crippen LogP contribution in [0, 0.1) is 0 Å². The summed E-state index contributed by atoms with van der Waals surface area (Å²) in [6.07, 6.45) is 0. The van der Waals surface area contributed by atoms with Crippen LogP contribution in [0.2, 0.25) is 10.0 Å². The van der Waals surface area contributed by atoms with E-state index in [1.807, 2.05) is 4.90 Å². The van der Waals surface area contributed by atoms with E-state index in [9.17, 15) is 4.79 Å². The quantitative estimate of drug-likeness (QED) is 0.854. The molecule has 1 unspecified atom stereocenters. The molecular formula is C14H19Cl2N3O. The highest BCUT2D eigenvalue weighted by molar-refractivity contribution is 6.43. The molecule has 1 aliphatic rings. The Kier molecular flexibility index (Phi) is 4.78. The number of nitrogen functional groups attached to an aromatic ring is 1. The summed E-state index contributed by atoms with van der Waals surface area (Å²) in [4.78, 5) is 16.7. The van der Waals surface area contributed by atoms with Gasteiger partial charge in [-0.25, -0.2) is 0 Å². The third-order valence-corrected chi connectivity index (χ3v) is 4.58. The van der Waals surface area contributed by atoms with E-state index in [0.717, 1.165) is 19.6 Å². The third-order valence-electron chi connectivity index (χ3n) is 3.76. The zero-order valence-corrected chi connectivity index (χ0v) is 13.2. The van der Waals surface area contributed by atoms with Crippen LogP contribution >= 0.6 is 23.2 Å². The third kappa shape index (κ3) is 3.03. The van der Waals surface area contributed by atoms with E-state index >= 15 is 0 Å². The molecule has 1 aromatic rings. The molecule has 1 aromatic carbocycles. The van der Waals surface area contributed by atoms with E-state index < -0.39 is 0 Å². The summed E-state index contributed by atoms with van der Waals surface area (Å²) in [6, 6.07) is 3.53. The number of benzene rings is 1. The van der Waals surface area contributed by atoms with E-state index in [1.54, 1.807) is 12.1 Å². The molecule has 1 aliphatic heterocycles. The number of nitrogens with two attached hydrogens (primary N) is 1. The van der Waals surface area contributed by atoms with Crippen molar-refractivity contribution in [1.82, 2.24) is 9.80 Å². The number of hydrogen-bond donors (Lipinski definition) is 1. The lowest BCUT2D eigenvalue weighted by Gasteiger charge is -2.39. The molecule has 1 atom stereocenters. The van der Waals surface area contributed by atoms with Crippen LogP contribution in [0.25, 0.3) is 0 Å². The van der Waals surface area contributed by atoms with E-state index in [1.165, 1.54) is 0 Å². The topological polar surface area (TPSA) is 49.6 Å². The van der Waals surface area contributed by atoms with Crippen molar-refractivity contribution in [1.29, 1.82) is 0 Å². The van der Waals surface area contributed by atoms with Gasteiger partial charge in [0.2, 0.25) is 0 Å². The first-order chi connectivity index (χ1) is 9.43. The van der Waals surface area contributed by atoms with Gasteiger partial charge in [0, 0.05) is 31.2 Å². The lowest BCUT2D eigenvalue weighted by atomic mass is 10.1. The van der Waals surface area contributed by atoms with Gasteiger partial charge < -0.3 is 10.6 Å². The lowest BCUT2D eigenvalue weighted by molar-refractivity contribution is 0.0528. The number of carbonyl (C=O) groups is 1. The Balaban J connectivity index is 2.16. The lowest BCUT2D eigenvalue weighted by Crippen LogP contribution is -2.53. The van der Waals surface area contributed by atoms with E-state index in [0.29, 0.717) is 33.9 Å². The Morgan fingerprint density at radius 2 is 2.10 bits per heavy atom. The van der Waals surface area contributed by atoms with Gasteiger partial charge in [0.1, 0.15) is 0 Å². The summed E-state index contributed by atoms with van der Waals surface area (Å²) in [7, 11) is 0. The maximum atomic E-state index is 12.5. The van der Waals surface area contributed by atoms with Crippen molar-refractivity contribution in [3.05, 3.63) is 27.7 Å². The minimum Gasteiger partial charge on any atom is -0.397 e. The second-order valence-corrected chi connectivity index (χ2v) is 5.88. The van der Waals surface area contributed by atoms with Crippen molar-refractivity contribution < 1.29 is 4.79 Å². The number of halogens is 2. The molecule has 2 N–H and O–H groups in total. The highest BCUT2D eigenvalue weighted by Crippen LogP contribution is 2.30. The van der Waals surface area contributed by atoms with Crippen LogP contribution in [-0.4, -0.2) is 47.9 Å².